The Bertz CT molecular complexity index is 1370. The van der Waals surface area contributed by atoms with E-state index in [-0.39, 0.29) is 18.4 Å². The van der Waals surface area contributed by atoms with Crippen LogP contribution in [0.1, 0.15) is 52.0 Å². The molecular formula is C29H33N5O3. The van der Waals surface area contributed by atoms with E-state index in [9.17, 15) is 14.7 Å². The number of unbranched alkanes of at least 4 members (excludes halogenated alkanes) is 2. The van der Waals surface area contributed by atoms with Crippen LogP contribution in [0.5, 0.6) is 0 Å². The third kappa shape index (κ3) is 6.02. The lowest BCUT2D eigenvalue weighted by molar-refractivity contribution is -0.153. The van der Waals surface area contributed by atoms with E-state index in [1.807, 2.05) is 68.4 Å². The summed E-state index contributed by atoms with van der Waals surface area (Å²) in [5.41, 5.74) is 3.82. The topological polar surface area (TPSA) is 112 Å². The average molecular weight is 500 g/mol. The monoisotopic (exact) mass is 499 g/mol. The number of fused-ring (bicyclic) bond motifs is 1. The summed E-state index contributed by atoms with van der Waals surface area (Å²) < 4.78 is 0. The molecule has 8 nitrogen and oxygen atoms in total. The molecule has 0 bridgehead atoms. The molecule has 0 unspecified atom stereocenters. The first-order chi connectivity index (χ1) is 17.9. The number of rotatable bonds is 11. The number of carbonyl (C=O) groups is 2. The molecule has 0 radical (unpaired) electrons. The summed E-state index contributed by atoms with van der Waals surface area (Å²) in [6.07, 6.45) is 3.09. The maximum Gasteiger partial charge on any atom is 0.326 e. The van der Waals surface area contributed by atoms with Crippen molar-refractivity contribution in [2.24, 2.45) is 5.92 Å². The summed E-state index contributed by atoms with van der Waals surface area (Å²) in [4.78, 5) is 26.7. The fourth-order valence-corrected chi connectivity index (χ4v) is 4.75. The molecule has 4 rings (SSSR count). The van der Waals surface area contributed by atoms with Crippen LogP contribution in [0.15, 0.2) is 60.7 Å². The number of H-pyrrole nitrogens is 1. The predicted octanol–water partition coefficient (Wildman–Crippen LogP) is 5.71. The van der Waals surface area contributed by atoms with Gasteiger partial charge < -0.3 is 10.0 Å². The highest BCUT2D eigenvalue weighted by Crippen LogP contribution is 2.32. The van der Waals surface area contributed by atoms with E-state index >= 15 is 0 Å². The molecule has 1 amide bonds. The van der Waals surface area contributed by atoms with Gasteiger partial charge in [0.1, 0.15) is 6.04 Å². The van der Waals surface area contributed by atoms with Crippen molar-refractivity contribution in [2.75, 3.05) is 0 Å². The Morgan fingerprint density at radius 2 is 1.70 bits per heavy atom. The van der Waals surface area contributed by atoms with Crippen molar-refractivity contribution < 1.29 is 14.7 Å². The summed E-state index contributed by atoms with van der Waals surface area (Å²) in [6.45, 7) is 6.04. The van der Waals surface area contributed by atoms with Crippen molar-refractivity contribution in [3.8, 4) is 22.5 Å². The number of benzene rings is 3. The molecule has 1 heterocycles. The second kappa shape index (κ2) is 11.8. The Balaban J connectivity index is 1.63. The van der Waals surface area contributed by atoms with Crippen molar-refractivity contribution >= 4 is 22.6 Å². The van der Waals surface area contributed by atoms with Gasteiger partial charge in [0.15, 0.2) is 0 Å². The second-order valence-electron chi connectivity index (χ2n) is 9.68. The number of hydrogen-bond acceptors (Lipinski definition) is 5. The molecule has 1 aromatic heterocycles. The van der Waals surface area contributed by atoms with Gasteiger partial charge in [-0.2, -0.15) is 5.21 Å². The lowest BCUT2D eigenvalue weighted by Crippen LogP contribution is -2.47. The Hall–Kier alpha value is -4.07. The number of aromatic nitrogens is 4. The number of carboxylic acids is 1. The van der Waals surface area contributed by atoms with Crippen LogP contribution in [0.4, 0.5) is 0 Å². The standard InChI is InChI=1S/C29H33N5O3/c1-4-5-6-11-26(35)34(27(19(2)3)29(36)37)18-20-12-13-22-17-23(15-14-21(22)16-20)24-9-7-8-10-25(24)28-30-32-33-31-28/h7-10,12-17,19,27H,4-6,11,18H2,1-3H3,(H,36,37)(H,30,31,32,33)/t27-/m0/s1. The highest BCUT2D eigenvalue weighted by atomic mass is 16.4. The van der Waals surface area contributed by atoms with E-state index in [0.29, 0.717) is 12.2 Å². The first-order valence-corrected chi connectivity index (χ1v) is 12.8. The number of hydrogen-bond donors (Lipinski definition) is 2. The van der Waals surface area contributed by atoms with E-state index in [0.717, 1.165) is 52.3 Å². The Morgan fingerprint density at radius 3 is 2.38 bits per heavy atom. The van der Waals surface area contributed by atoms with E-state index in [4.69, 9.17) is 0 Å². The van der Waals surface area contributed by atoms with Crippen LogP contribution in [0.25, 0.3) is 33.3 Å². The Morgan fingerprint density at radius 1 is 0.973 bits per heavy atom. The minimum Gasteiger partial charge on any atom is -0.480 e. The van der Waals surface area contributed by atoms with Crippen LogP contribution in [0.3, 0.4) is 0 Å². The zero-order valence-corrected chi connectivity index (χ0v) is 21.5. The summed E-state index contributed by atoms with van der Waals surface area (Å²) in [5, 5.41) is 26.4. The first-order valence-electron chi connectivity index (χ1n) is 12.8. The Kier molecular flexibility index (Phi) is 8.28. The molecule has 0 aliphatic carbocycles. The van der Waals surface area contributed by atoms with Crippen LogP contribution >= 0.6 is 0 Å². The fourth-order valence-electron chi connectivity index (χ4n) is 4.75. The maximum atomic E-state index is 13.1. The maximum absolute atomic E-state index is 13.1. The van der Waals surface area contributed by atoms with E-state index in [1.54, 1.807) is 4.90 Å². The van der Waals surface area contributed by atoms with E-state index < -0.39 is 12.0 Å². The van der Waals surface area contributed by atoms with Gasteiger partial charge in [-0.05, 0) is 57.1 Å². The van der Waals surface area contributed by atoms with Gasteiger partial charge in [0.2, 0.25) is 11.7 Å². The number of carbonyl (C=O) groups excluding carboxylic acids is 1. The number of amides is 1. The zero-order valence-electron chi connectivity index (χ0n) is 21.5. The van der Waals surface area contributed by atoms with E-state index in [2.05, 4.69) is 33.6 Å². The van der Waals surface area contributed by atoms with Gasteiger partial charge in [-0.25, -0.2) is 4.79 Å². The zero-order chi connectivity index (χ0) is 26.4. The van der Waals surface area contributed by atoms with Gasteiger partial charge in [0, 0.05) is 18.5 Å². The number of carboxylic acid groups (broad SMARTS) is 1. The quantitative estimate of drug-likeness (QED) is 0.256. The van der Waals surface area contributed by atoms with Crippen LogP contribution in [-0.2, 0) is 16.1 Å². The number of nitrogens with zero attached hydrogens (tertiary/aromatic N) is 4. The Labute approximate surface area is 216 Å². The summed E-state index contributed by atoms with van der Waals surface area (Å²) in [6, 6.07) is 19.3. The van der Waals surface area contributed by atoms with Crippen molar-refractivity contribution in [3.05, 3.63) is 66.2 Å². The lowest BCUT2D eigenvalue weighted by Gasteiger charge is -2.32. The third-order valence-corrected chi connectivity index (χ3v) is 6.62. The van der Waals surface area contributed by atoms with Crippen LogP contribution in [0.2, 0.25) is 0 Å². The number of aliphatic carboxylic acids is 1. The molecule has 0 aliphatic heterocycles. The van der Waals surface area contributed by atoms with Gasteiger partial charge in [-0.15, -0.1) is 10.2 Å². The van der Waals surface area contributed by atoms with Gasteiger partial charge in [-0.3, -0.25) is 4.79 Å². The molecule has 0 saturated heterocycles. The molecule has 0 fully saturated rings. The number of nitrogens with one attached hydrogen (secondary N) is 1. The molecule has 192 valence electrons. The minimum atomic E-state index is -0.968. The van der Waals surface area contributed by atoms with Crippen molar-refractivity contribution in [2.45, 2.75) is 59.0 Å². The molecule has 4 aromatic rings. The van der Waals surface area contributed by atoms with Gasteiger partial charge in [0.25, 0.3) is 0 Å². The molecule has 8 heteroatoms. The van der Waals surface area contributed by atoms with Gasteiger partial charge in [0.05, 0.1) is 0 Å². The molecule has 37 heavy (non-hydrogen) atoms. The summed E-state index contributed by atoms with van der Waals surface area (Å²) in [5.74, 6) is -0.740. The summed E-state index contributed by atoms with van der Waals surface area (Å²) >= 11 is 0. The molecule has 0 spiro atoms. The van der Waals surface area contributed by atoms with Crippen molar-refractivity contribution in [3.63, 3.8) is 0 Å². The molecule has 2 N–H and O–H groups in total. The van der Waals surface area contributed by atoms with Crippen LogP contribution in [-0.4, -0.2) is 48.5 Å². The van der Waals surface area contributed by atoms with Crippen molar-refractivity contribution in [1.82, 2.24) is 25.5 Å². The largest absolute Gasteiger partial charge is 0.480 e. The lowest BCUT2D eigenvalue weighted by atomic mass is 9.96. The minimum absolute atomic E-state index is 0.108. The molecule has 1 atom stereocenters. The highest BCUT2D eigenvalue weighted by molar-refractivity contribution is 5.91. The third-order valence-electron chi connectivity index (χ3n) is 6.62. The highest BCUT2D eigenvalue weighted by Gasteiger charge is 2.32. The number of aromatic amines is 1. The summed E-state index contributed by atoms with van der Waals surface area (Å²) in [7, 11) is 0. The first kappa shape index (κ1) is 26.0. The van der Waals surface area contributed by atoms with Crippen molar-refractivity contribution in [1.29, 1.82) is 0 Å². The fraction of sp³-hybridized carbons (Fsp3) is 0.345. The van der Waals surface area contributed by atoms with E-state index in [1.165, 1.54) is 0 Å². The van der Waals surface area contributed by atoms with Gasteiger partial charge in [-0.1, -0.05) is 82.1 Å². The normalized spacial score (nSPS) is 12.1. The average Bonchev–Trinajstić information content (AvgIpc) is 3.42. The molecule has 0 saturated carbocycles. The van der Waals surface area contributed by atoms with Crippen LogP contribution in [0, 0.1) is 5.92 Å². The predicted molar refractivity (Wildman–Crippen MR) is 144 cm³/mol. The molecule has 0 aliphatic rings. The SMILES string of the molecule is CCCCCC(=O)N(Cc1ccc2cc(-c3ccccc3-c3nn[nH]n3)ccc2c1)[C@H](C(=O)O)C(C)C. The number of tetrazole rings is 1. The van der Waals surface area contributed by atoms with Gasteiger partial charge >= 0.3 is 5.97 Å². The molecule has 3 aromatic carbocycles. The molecular weight excluding hydrogens is 466 g/mol. The second-order valence-corrected chi connectivity index (χ2v) is 9.68. The van der Waals surface area contributed by atoms with Crippen LogP contribution < -0.4 is 0 Å². The smallest absolute Gasteiger partial charge is 0.326 e.